The van der Waals surface area contributed by atoms with E-state index >= 15 is 0 Å². The van der Waals surface area contributed by atoms with Gasteiger partial charge in [-0.3, -0.25) is 0 Å². The number of unbranched alkanes of at least 4 members (excludes halogenated alkanes) is 3. The van der Waals surface area contributed by atoms with Gasteiger partial charge in [-0.1, -0.05) is 40.0 Å². The zero-order chi connectivity index (χ0) is 15.1. The first-order valence-corrected chi connectivity index (χ1v) is 8.43. The second kappa shape index (κ2) is 15.2. The zero-order valence-corrected chi connectivity index (χ0v) is 13.9. The van der Waals surface area contributed by atoms with E-state index in [9.17, 15) is 5.11 Å². The van der Waals surface area contributed by atoms with Gasteiger partial charge in [0.05, 0.1) is 12.7 Å². The summed E-state index contributed by atoms with van der Waals surface area (Å²) in [5, 5.41) is 13.0. The molecular weight excluding hydrogens is 252 g/mol. The standard InChI is InChI=1S/C16H36N2O2/c1-4-7-8-9-13-20-15-16(19)14-17-11-10-12-18(5-2)6-3/h16-17,19H,4-15H2,1-3H3. The zero-order valence-electron chi connectivity index (χ0n) is 13.9. The average molecular weight is 288 g/mol. The highest BCUT2D eigenvalue weighted by Gasteiger charge is 2.04. The molecule has 0 saturated heterocycles. The lowest BCUT2D eigenvalue weighted by Crippen LogP contribution is -2.33. The third-order valence-electron chi connectivity index (χ3n) is 3.55. The molecule has 0 aliphatic heterocycles. The van der Waals surface area contributed by atoms with E-state index in [4.69, 9.17) is 4.74 Å². The van der Waals surface area contributed by atoms with E-state index < -0.39 is 0 Å². The van der Waals surface area contributed by atoms with Crippen LogP contribution >= 0.6 is 0 Å². The number of nitrogens with one attached hydrogen (secondary N) is 1. The topological polar surface area (TPSA) is 44.7 Å². The Morgan fingerprint density at radius 2 is 1.80 bits per heavy atom. The minimum absolute atomic E-state index is 0.380. The second-order valence-electron chi connectivity index (χ2n) is 5.37. The van der Waals surface area contributed by atoms with E-state index in [1.807, 2.05) is 0 Å². The number of aliphatic hydroxyl groups is 1. The number of rotatable bonds is 15. The SMILES string of the molecule is CCCCCCOCC(O)CNCCCN(CC)CC. The molecule has 122 valence electrons. The van der Waals surface area contributed by atoms with E-state index in [0.717, 1.165) is 45.6 Å². The Hall–Kier alpha value is -0.160. The van der Waals surface area contributed by atoms with Gasteiger partial charge in [-0.25, -0.2) is 0 Å². The van der Waals surface area contributed by atoms with Crippen molar-refractivity contribution in [3.05, 3.63) is 0 Å². The molecule has 4 nitrogen and oxygen atoms in total. The lowest BCUT2D eigenvalue weighted by Gasteiger charge is -2.18. The summed E-state index contributed by atoms with van der Waals surface area (Å²) in [6.07, 6.45) is 5.62. The minimum atomic E-state index is -0.380. The van der Waals surface area contributed by atoms with Gasteiger partial charge in [0.2, 0.25) is 0 Å². The molecule has 0 amide bonds. The summed E-state index contributed by atoms with van der Waals surface area (Å²) in [7, 11) is 0. The largest absolute Gasteiger partial charge is 0.389 e. The van der Waals surface area contributed by atoms with E-state index in [0.29, 0.717) is 13.2 Å². The summed E-state index contributed by atoms with van der Waals surface area (Å²) in [6, 6.07) is 0. The van der Waals surface area contributed by atoms with E-state index in [-0.39, 0.29) is 6.10 Å². The third-order valence-corrected chi connectivity index (χ3v) is 3.55. The van der Waals surface area contributed by atoms with Crippen LogP contribution in [0.4, 0.5) is 0 Å². The summed E-state index contributed by atoms with van der Waals surface area (Å²) in [5.41, 5.74) is 0. The molecule has 1 unspecified atom stereocenters. The van der Waals surface area contributed by atoms with Crippen molar-refractivity contribution >= 4 is 0 Å². The highest BCUT2D eigenvalue weighted by molar-refractivity contribution is 4.60. The molecule has 0 saturated carbocycles. The molecule has 0 bridgehead atoms. The Bertz CT molecular complexity index is 187. The Balaban J connectivity index is 3.25. The second-order valence-corrected chi connectivity index (χ2v) is 5.37. The molecule has 4 heteroatoms. The van der Waals surface area contributed by atoms with Crippen LogP contribution in [0.15, 0.2) is 0 Å². The Kier molecular flexibility index (Phi) is 15.1. The van der Waals surface area contributed by atoms with Crippen molar-refractivity contribution in [1.82, 2.24) is 10.2 Å². The Labute approximate surface area is 125 Å². The number of hydrogen-bond donors (Lipinski definition) is 2. The van der Waals surface area contributed by atoms with Crippen LogP contribution in [0.3, 0.4) is 0 Å². The molecule has 0 aromatic heterocycles. The maximum absolute atomic E-state index is 9.75. The maximum atomic E-state index is 9.75. The fourth-order valence-corrected chi connectivity index (χ4v) is 2.15. The number of nitrogens with zero attached hydrogens (tertiary/aromatic N) is 1. The predicted molar refractivity (Wildman–Crippen MR) is 86.2 cm³/mol. The van der Waals surface area contributed by atoms with Crippen molar-refractivity contribution in [2.75, 3.05) is 45.9 Å². The van der Waals surface area contributed by atoms with Gasteiger partial charge in [-0.2, -0.15) is 0 Å². The van der Waals surface area contributed by atoms with Crippen LogP contribution in [0, 0.1) is 0 Å². The van der Waals surface area contributed by atoms with E-state index in [1.165, 1.54) is 19.3 Å². The number of ether oxygens (including phenoxy) is 1. The van der Waals surface area contributed by atoms with Crippen LogP contribution in [0.25, 0.3) is 0 Å². The van der Waals surface area contributed by atoms with Crippen LogP contribution in [0.2, 0.25) is 0 Å². The van der Waals surface area contributed by atoms with Crippen molar-refractivity contribution in [1.29, 1.82) is 0 Å². The Morgan fingerprint density at radius 1 is 1.05 bits per heavy atom. The quantitative estimate of drug-likeness (QED) is 0.454. The predicted octanol–water partition coefficient (Wildman–Crippen LogP) is 2.27. The van der Waals surface area contributed by atoms with Gasteiger partial charge in [-0.05, 0) is 39.0 Å². The molecule has 2 N–H and O–H groups in total. The lowest BCUT2D eigenvalue weighted by atomic mass is 10.2. The molecule has 0 fully saturated rings. The first kappa shape index (κ1) is 19.8. The van der Waals surface area contributed by atoms with Gasteiger partial charge in [0.1, 0.15) is 0 Å². The number of hydrogen-bond acceptors (Lipinski definition) is 4. The molecular formula is C16H36N2O2. The highest BCUT2D eigenvalue weighted by atomic mass is 16.5. The molecule has 0 spiro atoms. The Morgan fingerprint density at radius 3 is 2.45 bits per heavy atom. The molecule has 20 heavy (non-hydrogen) atoms. The van der Waals surface area contributed by atoms with Crippen LogP contribution in [0.1, 0.15) is 52.9 Å². The monoisotopic (exact) mass is 288 g/mol. The summed E-state index contributed by atoms with van der Waals surface area (Å²) in [6.45, 7) is 12.8. The van der Waals surface area contributed by atoms with E-state index in [2.05, 4.69) is 31.0 Å². The molecule has 0 radical (unpaired) electrons. The minimum Gasteiger partial charge on any atom is -0.389 e. The molecule has 0 heterocycles. The highest BCUT2D eigenvalue weighted by Crippen LogP contribution is 1.99. The summed E-state index contributed by atoms with van der Waals surface area (Å²) >= 11 is 0. The van der Waals surface area contributed by atoms with Crippen molar-refractivity contribution in [3.63, 3.8) is 0 Å². The van der Waals surface area contributed by atoms with Crippen molar-refractivity contribution in [3.8, 4) is 0 Å². The van der Waals surface area contributed by atoms with Crippen LogP contribution < -0.4 is 5.32 Å². The smallest absolute Gasteiger partial charge is 0.0897 e. The maximum Gasteiger partial charge on any atom is 0.0897 e. The van der Waals surface area contributed by atoms with Crippen LogP contribution in [0.5, 0.6) is 0 Å². The van der Waals surface area contributed by atoms with Gasteiger partial charge in [0.15, 0.2) is 0 Å². The third kappa shape index (κ3) is 12.9. The lowest BCUT2D eigenvalue weighted by molar-refractivity contribution is 0.0354. The van der Waals surface area contributed by atoms with Gasteiger partial charge in [0, 0.05) is 13.2 Å². The molecule has 0 aromatic rings. The summed E-state index contributed by atoms with van der Waals surface area (Å²) < 4.78 is 5.47. The average Bonchev–Trinajstić information content (AvgIpc) is 2.46. The van der Waals surface area contributed by atoms with Gasteiger partial charge < -0.3 is 20.1 Å². The summed E-state index contributed by atoms with van der Waals surface area (Å²) in [5.74, 6) is 0. The fourth-order valence-electron chi connectivity index (χ4n) is 2.15. The molecule has 0 aromatic carbocycles. The van der Waals surface area contributed by atoms with Crippen LogP contribution in [-0.4, -0.2) is 62.0 Å². The van der Waals surface area contributed by atoms with Crippen molar-refractivity contribution in [2.24, 2.45) is 0 Å². The van der Waals surface area contributed by atoms with Gasteiger partial charge in [-0.15, -0.1) is 0 Å². The summed E-state index contributed by atoms with van der Waals surface area (Å²) in [4.78, 5) is 2.41. The first-order chi connectivity index (χ1) is 9.74. The van der Waals surface area contributed by atoms with Gasteiger partial charge in [0.25, 0.3) is 0 Å². The molecule has 0 aliphatic rings. The molecule has 0 aliphatic carbocycles. The van der Waals surface area contributed by atoms with E-state index in [1.54, 1.807) is 0 Å². The molecule has 1 atom stereocenters. The van der Waals surface area contributed by atoms with Crippen molar-refractivity contribution in [2.45, 2.75) is 59.0 Å². The normalized spacial score (nSPS) is 13.1. The fraction of sp³-hybridized carbons (Fsp3) is 1.00. The van der Waals surface area contributed by atoms with Gasteiger partial charge >= 0.3 is 0 Å². The first-order valence-electron chi connectivity index (χ1n) is 8.43. The van der Waals surface area contributed by atoms with Crippen molar-refractivity contribution < 1.29 is 9.84 Å². The molecule has 0 rings (SSSR count). The van der Waals surface area contributed by atoms with Crippen LogP contribution in [-0.2, 0) is 4.74 Å². The number of aliphatic hydroxyl groups excluding tert-OH is 1.